The molecule has 0 radical (unpaired) electrons. The Labute approximate surface area is 114 Å². The van der Waals surface area contributed by atoms with Crippen molar-refractivity contribution >= 4 is 5.96 Å². The number of benzene rings is 1. The van der Waals surface area contributed by atoms with Gasteiger partial charge in [0.2, 0.25) is 0 Å². The van der Waals surface area contributed by atoms with Gasteiger partial charge in [-0.05, 0) is 30.5 Å². The van der Waals surface area contributed by atoms with Gasteiger partial charge in [-0.3, -0.25) is 4.99 Å². The Morgan fingerprint density at radius 1 is 1.32 bits per heavy atom. The van der Waals surface area contributed by atoms with E-state index in [-0.39, 0.29) is 5.82 Å². The van der Waals surface area contributed by atoms with E-state index in [0.29, 0.717) is 6.61 Å². The number of aliphatic imine (C=N–C) groups is 1. The summed E-state index contributed by atoms with van der Waals surface area (Å²) in [6, 6.07) is 6.72. The van der Waals surface area contributed by atoms with Crippen molar-refractivity contribution in [1.82, 2.24) is 10.6 Å². The molecule has 0 amide bonds. The second-order valence-corrected chi connectivity index (χ2v) is 4.15. The van der Waals surface area contributed by atoms with Crippen molar-refractivity contribution in [3.05, 3.63) is 35.6 Å². The predicted molar refractivity (Wildman–Crippen MR) is 76.0 cm³/mol. The van der Waals surface area contributed by atoms with Crippen LogP contribution < -0.4 is 10.6 Å². The Kier molecular flexibility index (Phi) is 7.58. The molecule has 1 rings (SSSR count). The maximum atomic E-state index is 13.0. The van der Waals surface area contributed by atoms with Crippen LogP contribution in [0.4, 0.5) is 4.39 Å². The van der Waals surface area contributed by atoms with E-state index >= 15 is 0 Å². The van der Waals surface area contributed by atoms with Gasteiger partial charge in [0.05, 0.1) is 6.61 Å². The van der Waals surface area contributed by atoms with E-state index < -0.39 is 0 Å². The Balaban J connectivity index is 2.18. The molecule has 2 N–H and O–H groups in total. The number of methoxy groups -OCH3 is 1. The molecule has 1 aromatic carbocycles. The molecule has 0 spiro atoms. The van der Waals surface area contributed by atoms with Gasteiger partial charge in [-0.25, -0.2) is 4.39 Å². The summed E-state index contributed by atoms with van der Waals surface area (Å²) in [6.45, 7) is 2.16. The summed E-state index contributed by atoms with van der Waals surface area (Å²) in [7, 11) is 3.39. The molecule has 0 fully saturated rings. The molecular weight excluding hydrogens is 245 g/mol. The molecule has 0 atom stereocenters. The number of ether oxygens (including phenoxy) is 1. The van der Waals surface area contributed by atoms with Crippen LogP contribution in [0.2, 0.25) is 0 Å². The largest absolute Gasteiger partial charge is 0.383 e. The second-order valence-electron chi connectivity index (χ2n) is 4.15. The highest BCUT2D eigenvalue weighted by molar-refractivity contribution is 5.79. The third-order valence-corrected chi connectivity index (χ3v) is 2.65. The third-order valence-electron chi connectivity index (χ3n) is 2.65. The number of rotatable bonds is 7. The lowest BCUT2D eigenvalue weighted by molar-refractivity contribution is 0.203. The monoisotopic (exact) mass is 267 g/mol. The van der Waals surface area contributed by atoms with Crippen LogP contribution in [-0.2, 0) is 11.2 Å². The molecule has 106 valence electrons. The van der Waals surface area contributed by atoms with Gasteiger partial charge >= 0.3 is 0 Å². The quantitative estimate of drug-likeness (QED) is 0.448. The maximum Gasteiger partial charge on any atom is 0.191 e. The van der Waals surface area contributed by atoms with E-state index in [2.05, 4.69) is 15.6 Å². The molecule has 4 nitrogen and oxygen atoms in total. The molecule has 0 saturated carbocycles. The van der Waals surface area contributed by atoms with Gasteiger partial charge in [-0.2, -0.15) is 0 Å². The molecule has 5 heteroatoms. The van der Waals surface area contributed by atoms with Crippen LogP contribution in [0.15, 0.2) is 29.3 Å². The first-order chi connectivity index (χ1) is 9.26. The number of guanidine groups is 1. The van der Waals surface area contributed by atoms with Crippen molar-refractivity contribution in [2.24, 2.45) is 4.99 Å². The number of nitrogens with one attached hydrogen (secondary N) is 2. The molecule has 1 aromatic rings. The lowest BCUT2D eigenvalue weighted by Crippen LogP contribution is -2.39. The average molecular weight is 267 g/mol. The fourth-order valence-electron chi connectivity index (χ4n) is 1.68. The van der Waals surface area contributed by atoms with Gasteiger partial charge in [0, 0.05) is 27.2 Å². The summed E-state index contributed by atoms with van der Waals surface area (Å²) < 4.78 is 17.9. The Morgan fingerprint density at radius 3 is 2.79 bits per heavy atom. The van der Waals surface area contributed by atoms with Gasteiger partial charge in [-0.1, -0.05) is 12.1 Å². The van der Waals surface area contributed by atoms with Crippen LogP contribution in [0.5, 0.6) is 0 Å². The first-order valence-corrected chi connectivity index (χ1v) is 6.44. The van der Waals surface area contributed by atoms with Crippen LogP contribution in [0, 0.1) is 5.82 Å². The zero-order chi connectivity index (χ0) is 13.9. The zero-order valence-electron chi connectivity index (χ0n) is 11.6. The fraction of sp³-hybridized carbons (Fsp3) is 0.500. The van der Waals surface area contributed by atoms with E-state index in [1.807, 2.05) is 6.07 Å². The van der Waals surface area contributed by atoms with Crippen molar-refractivity contribution in [3.63, 3.8) is 0 Å². The molecule has 0 bridgehead atoms. The van der Waals surface area contributed by atoms with E-state index in [9.17, 15) is 4.39 Å². The van der Waals surface area contributed by atoms with Crippen molar-refractivity contribution < 1.29 is 9.13 Å². The third kappa shape index (κ3) is 6.76. The minimum Gasteiger partial charge on any atom is -0.383 e. The number of halogens is 1. The van der Waals surface area contributed by atoms with Crippen LogP contribution in [-0.4, -0.2) is 39.8 Å². The molecule has 0 aliphatic carbocycles. The summed E-state index contributed by atoms with van der Waals surface area (Å²) in [5.74, 6) is 0.582. The highest BCUT2D eigenvalue weighted by atomic mass is 19.1. The van der Waals surface area contributed by atoms with E-state index in [1.54, 1.807) is 26.3 Å². The molecule has 19 heavy (non-hydrogen) atoms. The van der Waals surface area contributed by atoms with Gasteiger partial charge < -0.3 is 15.4 Å². The highest BCUT2D eigenvalue weighted by Gasteiger charge is 1.98. The van der Waals surface area contributed by atoms with Crippen LogP contribution >= 0.6 is 0 Å². The smallest absolute Gasteiger partial charge is 0.191 e. The molecule has 0 aliphatic rings. The Morgan fingerprint density at radius 2 is 2.11 bits per heavy atom. The first kappa shape index (κ1) is 15.4. The van der Waals surface area contributed by atoms with Crippen LogP contribution in [0.1, 0.15) is 12.0 Å². The van der Waals surface area contributed by atoms with Crippen LogP contribution in [0.3, 0.4) is 0 Å². The number of hydrogen-bond donors (Lipinski definition) is 2. The fourth-order valence-corrected chi connectivity index (χ4v) is 1.68. The SMILES string of the molecule is CN=C(NCCCc1cccc(F)c1)NCCOC. The van der Waals surface area contributed by atoms with Crippen molar-refractivity contribution in [2.75, 3.05) is 33.9 Å². The average Bonchev–Trinajstić information content (AvgIpc) is 2.41. The minimum atomic E-state index is -0.178. The Hall–Kier alpha value is -1.62. The molecule has 0 aromatic heterocycles. The lowest BCUT2D eigenvalue weighted by atomic mass is 10.1. The second kappa shape index (κ2) is 9.33. The zero-order valence-corrected chi connectivity index (χ0v) is 11.6. The highest BCUT2D eigenvalue weighted by Crippen LogP contribution is 2.05. The number of hydrogen-bond acceptors (Lipinski definition) is 2. The molecule has 0 heterocycles. The summed E-state index contributed by atoms with van der Waals surface area (Å²) >= 11 is 0. The topological polar surface area (TPSA) is 45.7 Å². The van der Waals surface area contributed by atoms with E-state index in [0.717, 1.165) is 37.5 Å². The summed E-state index contributed by atoms with van der Waals surface area (Å²) in [5, 5.41) is 6.33. The van der Waals surface area contributed by atoms with Gasteiger partial charge in [0.25, 0.3) is 0 Å². The van der Waals surface area contributed by atoms with Crippen molar-refractivity contribution in [2.45, 2.75) is 12.8 Å². The first-order valence-electron chi connectivity index (χ1n) is 6.44. The number of aryl methyl sites for hydroxylation is 1. The predicted octanol–water partition coefficient (Wildman–Crippen LogP) is 1.57. The minimum absolute atomic E-state index is 0.178. The van der Waals surface area contributed by atoms with E-state index in [4.69, 9.17) is 4.74 Å². The van der Waals surface area contributed by atoms with E-state index in [1.165, 1.54) is 6.07 Å². The number of nitrogens with zero attached hydrogens (tertiary/aromatic N) is 1. The van der Waals surface area contributed by atoms with Crippen molar-refractivity contribution in [3.8, 4) is 0 Å². The molecular formula is C14H22FN3O. The molecule has 0 aliphatic heterocycles. The van der Waals surface area contributed by atoms with Gasteiger partial charge in [0.1, 0.15) is 5.82 Å². The van der Waals surface area contributed by atoms with Crippen LogP contribution in [0.25, 0.3) is 0 Å². The standard InChI is InChI=1S/C14H22FN3O/c1-16-14(18-9-10-19-2)17-8-4-6-12-5-3-7-13(15)11-12/h3,5,7,11H,4,6,8-10H2,1-2H3,(H2,16,17,18). The molecule has 0 unspecified atom stereocenters. The van der Waals surface area contributed by atoms with Gasteiger partial charge in [-0.15, -0.1) is 0 Å². The maximum absolute atomic E-state index is 13.0. The summed E-state index contributed by atoms with van der Waals surface area (Å²) in [4.78, 5) is 4.10. The lowest BCUT2D eigenvalue weighted by Gasteiger charge is -2.11. The summed E-state index contributed by atoms with van der Waals surface area (Å²) in [5.41, 5.74) is 1.02. The molecule has 0 saturated heterocycles. The van der Waals surface area contributed by atoms with Gasteiger partial charge in [0.15, 0.2) is 5.96 Å². The van der Waals surface area contributed by atoms with Crippen molar-refractivity contribution in [1.29, 1.82) is 0 Å². The summed E-state index contributed by atoms with van der Waals surface area (Å²) in [6.07, 6.45) is 1.77. The normalized spacial score (nSPS) is 11.4. The Bertz CT molecular complexity index is 396.